The van der Waals surface area contributed by atoms with Crippen LogP contribution >= 0.6 is 0 Å². The summed E-state index contributed by atoms with van der Waals surface area (Å²) in [6, 6.07) is 10.1. The van der Waals surface area contributed by atoms with Gasteiger partial charge in [-0.1, -0.05) is 31.4 Å². The standard InChI is InChI=1S/C27H34FN3O4S/c1-18-9-10-19(2)24(15-18)31(20(3)27(34)30-22-7-5-4-6-8-22)26(33)17-36(35)16-25(32)29-23-13-11-21(28)12-14-23/h9-15,20,22H,4-8,16-17H2,1-3H3,(H,29,32)(H,30,34)/t20-,36+/m0/s1. The maximum absolute atomic E-state index is 13.4. The van der Waals surface area contributed by atoms with Crippen LogP contribution in [0.5, 0.6) is 0 Å². The molecule has 7 nitrogen and oxygen atoms in total. The highest BCUT2D eigenvalue weighted by atomic mass is 32.2. The normalized spacial score (nSPS) is 15.6. The summed E-state index contributed by atoms with van der Waals surface area (Å²) < 4.78 is 25.8. The van der Waals surface area contributed by atoms with Crippen LogP contribution in [0.4, 0.5) is 15.8 Å². The minimum atomic E-state index is -1.81. The Bertz CT molecular complexity index is 1120. The molecule has 2 aromatic rings. The van der Waals surface area contributed by atoms with Crippen molar-refractivity contribution in [3.63, 3.8) is 0 Å². The van der Waals surface area contributed by atoms with Crippen LogP contribution in [0.2, 0.25) is 0 Å². The second-order valence-electron chi connectivity index (χ2n) is 9.36. The van der Waals surface area contributed by atoms with Gasteiger partial charge in [0.15, 0.2) is 0 Å². The smallest absolute Gasteiger partial charge is 0.243 e. The Labute approximate surface area is 214 Å². The number of nitrogens with one attached hydrogen (secondary N) is 2. The summed E-state index contributed by atoms with van der Waals surface area (Å²) in [4.78, 5) is 40.3. The van der Waals surface area contributed by atoms with Crippen LogP contribution in [0.25, 0.3) is 0 Å². The first-order valence-electron chi connectivity index (χ1n) is 12.2. The quantitative estimate of drug-likeness (QED) is 0.528. The van der Waals surface area contributed by atoms with Gasteiger partial charge >= 0.3 is 0 Å². The van der Waals surface area contributed by atoms with Gasteiger partial charge in [-0.25, -0.2) is 4.39 Å². The highest BCUT2D eigenvalue weighted by Gasteiger charge is 2.31. The van der Waals surface area contributed by atoms with Crippen LogP contribution in [0.15, 0.2) is 42.5 Å². The van der Waals surface area contributed by atoms with E-state index in [4.69, 9.17) is 0 Å². The highest BCUT2D eigenvalue weighted by Crippen LogP contribution is 2.25. The van der Waals surface area contributed by atoms with Crippen molar-refractivity contribution < 1.29 is 23.0 Å². The van der Waals surface area contributed by atoms with Crippen LogP contribution < -0.4 is 15.5 Å². The molecular formula is C27H34FN3O4S. The number of hydrogen-bond donors (Lipinski definition) is 2. The van der Waals surface area contributed by atoms with Crippen molar-refractivity contribution >= 4 is 39.9 Å². The molecule has 2 aromatic carbocycles. The van der Waals surface area contributed by atoms with Crippen molar-refractivity contribution in [2.75, 3.05) is 21.7 Å². The lowest BCUT2D eigenvalue weighted by atomic mass is 9.95. The predicted octanol–water partition coefficient (Wildman–Crippen LogP) is 4.00. The molecule has 194 valence electrons. The van der Waals surface area contributed by atoms with Crippen molar-refractivity contribution in [1.82, 2.24) is 5.32 Å². The number of carbonyl (C=O) groups is 3. The molecule has 36 heavy (non-hydrogen) atoms. The van der Waals surface area contributed by atoms with E-state index < -0.39 is 46.0 Å². The lowest BCUT2D eigenvalue weighted by Gasteiger charge is -2.32. The number of anilines is 2. The molecule has 1 aliphatic carbocycles. The average molecular weight is 516 g/mol. The van der Waals surface area contributed by atoms with Gasteiger partial charge in [-0.3, -0.25) is 23.5 Å². The van der Waals surface area contributed by atoms with Crippen LogP contribution in [-0.2, 0) is 25.2 Å². The Kier molecular flexibility index (Phi) is 9.75. The molecule has 0 aliphatic heterocycles. The Morgan fingerprint density at radius 2 is 1.69 bits per heavy atom. The maximum atomic E-state index is 13.4. The fraction of sp³-hybridized carbons (Fsp3) is 0.444. The van der Waals surface area contributed by atoms with Gasteiger partial charge in [0.1, 0.15) is 23.4 Å². The number of halogens is 1. The van der Waals surface area contributed by atoms with Gasteiger partial charge in [0.2, 0.25) is 17.7 Å². The number of benzene rings is 2. The number of hydrogen-bond acceptors (Lipinski definition) is 4. The molecule has 2 N–H and O–H groups in total. The summed E-state index contributed by atoms with van der Waals surface area (Å²) in [6.45, 7) is 5.42. The zero-order valence-electron chi connectivity index (χ0n) is 21.0. The fourth-order valence-electron chi connectivity index (χ4n) is 4.36. The Balaban J connectivity index is 1.72. The second kappa shape index (κ2) is 12.8. The summed E-state index contributed by atoms with van der Waals surface area (Å²) in [6.07, 6.45) is 5.14. The number of rotatable bonds is 9. The van der Waals surface area contributed by atoms with E-state index in [0.29, 0.717) is 11.4 Å². The van der Waals surface area contributed by atoms with Crippen LogP contribution in [0.1, 0.15) is 50.2 Å². The second-order valence-corrected chi connectivity index (χ2v) is 10.8. The number of carbonyl (C=O) groups excluding carboxylic acids is 3. The maximum Gasteiger partial charge on any atom is 0.243 e. The molecule has 0 aromatic heterocycles. The zero-order valence-corrected chi connectivity index (χ0v) is 21.8. The Hall–Kier alpha value is -3.07. The third-order valence-corrected chi connectivity index (χ3v) is 7.47. The van der Waals surface area contributed by atoms with Crippen LogP contribution in [0, 0.1) is 19.7 Å². The zero-order chi connectivity index (χ0) is 26.2. The lowest BCUT2D eigenvalue weighted by molar-refractivity contribution is -0.126. The van der Waals surface area contributed by atoms with E-state index in [0.717, 1.165) is 43.2 Å². The van der Waals surface area contributed by atoms with E-state index >= 15 is 0 Å². The highest BCUT2D eigenvalue weighted by molar-refractivity contribution is 7.86. The van der Waals surface area contributed by atoms with Gasteiger partial charge in [0, 0.05) is 28.2 Å². The average Bonchev–Trinajstić information content (AvgIpc) is 2.83. The van der Waals surface area contributed by atoms with Crippen LogP contribution in [-0.4, -0.2) is 45.5 Å². The molecule has 1 fully saturated rings. The van der Waals surface area contributed by atoms with Crippen molar-refractivity contribution in [2.24, 2.45) is 0 Å². The van der Waals surface area contributed by atoms with Crippen molar-refractivity contribution in [3.8, 4) is 0 Å². The first kappa shape index (κ1) is 27.5. The minimum Gasteiger partial charge on any atom is -0.352 e. The van der Waals surface area contributed by atoms with E-state index in [1.807, 2.05) is 32.0 Å². The van der Waals surface area contributed by atoms with Gasteiger partial charge in [-0.05, 0) is 75.1 Å². The van der Waals surface area contributed by atoms with Gasteiger partial charge in [-0.15, -0.1) is 0 Å². The van der Waals surface area contributed by atoms with Crippen molar-refractivity contribution in [1.29, 1.82) is 0 Å². The minimum absolute atomic E-state index is 0.0912. The van der Waals surface area contributed by atoms with Gasteiger partial charge < -0.3 is 10.6 Å². The first-order chi connectivity index (χ1) is 17.1. The summed E-state index contributed by atoms with van der Waals surface area (Å²) in [5.74, 6) is -2.54. The van der Waals surface area contributed by atoms with E-state index in [1.54, 1.807) is 6.92 Å². The number of amides is 3. The predicted molar refractivity (Wildman–Crippen MR) is 141 cm³/mol. The van der Waals surface area contributed by atoms with Gasteiger partial charge in [-0.2, -0.15) is 0 Å². The van der Waals surface area contributed by atoms with E-state index in [-0.39, 0.29) is 11.9 Å². The van der Waals surface area contributed by atoms with Gasteiger partial charge in [0.05, 0.1) is 0 Å². The topological polar surface area (TPSA) is 95.6 Å². The molecule has 0 saturated heterocycles. The Morgan fingerprint density at radius 3 is 2.36 bits per heavy atom. The summed E-state index contributed by atoms with van der Waals surface area (Å²) >= 11 is 0. The molecule has 0 heterocycles. The van der Waals surface area contributed by atoms with E-state index in [1.165, 1.54) is 29.2 Å². The summed E-state index contributed by atoms with van der Waals surface area (Å²) in [5.41, 5.74) is 2.69. The molecule has 3 amide bonds. The fourth-order valence-corrected chi connectivity index (χ4v) is 5.24. The van der Waals surface area contributed by atoms with Gasteiger partial charge in [0.25, 0.3) is 0 Å². The van der Waals surface area contributed by atoms with E-state index in [2.05, 4.69) is 10.6 Å². The molecule has 3 rings (SSSR count). The third-order valence-electron chi connectivity index (χ3n) is 6.32. The molecule has 0 radical (unpaired) electrons. The molecule has 2 atom stereocenters. The summed E-state index contributed by atoms with van der Waals surface area (Å²) in [7, 11) is -1.81. The molecule has 0 spiro atoms. The number of aryl methyl sites for hydroxylation is 2. The SMILES string of the molecule is Cc1ccc(C)c(N(C(=O)C[S@](=O)CC(=O)Nc2ccc(F)cc2)[C@@H](C)C(=O)NC2CCCCC2)c1. The monoisotopic (exact) mass is 515 g/mol. The largest absolute Gasteiger partial charge is 0.352 e. The molecular weight excluding hydrogens is 481 g/mol. The van der Waals surface area contributed by atoms with Crippen LogP contribution in [0.3, 0.4) is 0 Å². The molecule has 1 saturated carbocycles. The van der Waals surface area contributed by atoms with Crippen molar-refractivity contribution in [2.45, 2.75) is 65.0 Å². The molecule has 0 bridgehead atoms. The molecule has 9 heteroatoms. The third kappa shape index (κ3) is 7.71. The lowest BCUT2D eigenvalue weighted by Crippen LogP contribution is -2.52. The summed E-state index contributed by atoms with van der Waals surface area (Å²) in [5, 5.41) is 5.62. The molecule has 0 unspecified atom stereocenters. The molecule has 1 aliphatic rings. The first-order valence-corrected chi connectivity index (χ1v) is 13.7. The number of nitrogens with zero attached hydrogens (tertiary/aromatic N) is 1. The Morgan fingerprint density at radius 1 is 1.03 bits per heavy atom. The van der Waals surface area contributed by atoms with E-state index in [9.17, 15) is 23.0 Å². The van der Waals surface area contributed by atoms with Crippen molar-refractivity contribution in [3.05, 3.63) is 59.4 Å².